The molecule has 0 saturated heterocycles. The number of nitrogen functional groups attached to an aromatic ring is 1. The summed E-state index contributed by atoms with van der Waals surface area (Å²) in [4.78, 5) is 11.7. The van der Waals surface area contributed by atoms with Crippen LogP contribution in [0.25, 0.3) is 0 Å². The van der Waals surface area contributed by atoms with Crippen LogP contribution in [0.1, 0.15) is 15.9 Å². The lowest BCUT2D eigenvalue weighted by molar-refractivity contribution is 0.0463. The van der Waals surface area contributed by atoms with Crippen LogP contribution >= 0.6 is 0 Å². The fraction of sp³-hybridized carbons (Fsp3) is 0.133. The summed E-state index contributed by atoms with van der Waals surface area (Å²) in [6, 6.07) is 7.76. The van der Waals surface area contributed by atoms with Gasteiger partial charge in [-0.05, 0) is 30.3 Å². The predicted molar refractivity (Wildman–Crippen MR) is 72.9 cm³/mol. The summed E-state index contributed by atoms with van der Waals surface area (Å²) in [5.74, 6) is -1.88. The van der Waals surface area contributed by atoms with Crippen LogP contribution in [0.3, 0.4) is 0 Å². The number of rotatable bonds is 4. The van der Waals surface area contributed by atoms with E-state index in [0.29, 0.717) is 5.75 Å². The highest BCUT2D eigenvalue weighted by molar-refractivity contribution is 5.90. The van der Waals surface area contributed by atoms with Crippen LogP contribution < -0.4 is 10.5 Å². The minimum atomic E-state index is -0.886. The van der Waals surface area contributed by atoms with E-state index in [1.165, 1.54) is 37.4 Å². The number of hydrogen-bond acceptors (Lipinski definition) is 4. The summed E-state index contributed by atoms with van der Waals surface area (Å²) in [5, 5.41) is 0. The van der Waals surface area contributed by atoms with Crippen molar-refractivity contribution in [2.24, 2.45) is 0 Å². The van der Waals surface area contributed by atoms with Gasteiger partial charge in [-0.15, -0.1) is 0 Å². The molecule has 0 fully saturated rings. The zero-order valence-electron chi connectivity index (χ0n) is 11.2. The lowest BCUT2D eigenvalue weighted by atomic mass is 10.2. The van der Waals surface area contributed by atoms with Crippen molar-refractivity contribution in [2.45, 2.75) is 6.61 Å². The molecule has 0 aliphatic heterocycles. The molecule has 0 aromatic heterocycles. The average Bonchev–Trinajstić information content (AvgIpc) is 2.45. The Morgan fingerprint density at radius 3 is 2.52 bits per heavy atom. The largest absolute Gasteiger partial charge is 0.497 e. The van der Waals surface area contributed by atoms with Gasteiger partial charge in [0.1, 0.15) is 24.0 Å². The molecule has 2 aromatic carbocycles. The maximum atomic E-state index is 13.7. The number of anilines is 1. The summed E-state index contributed by atoms with van der Waals surface area (Å²) >= 11 is 0. The molecule has 2 aromatic rings. The average molecular weight is 293 g/mol. The second-order valence-electron chi connectivity index (χ2n) is 4.27. The van der Waals surface area contributed by atoms with Crippen molar-refractivity contribution >= 4 is 11.7 Å². The maximum absolute atomic E-state index is 13.7. The number of carbonyl (C=O) groups is 1. The first-order valence-electron chi connectivity index (χ1n) is 6.06. The van der Waals surface area contributed by atoms with Gasteiger partial charge in [0.25, 0.3) is 0 Å². The zero-order valence-corrected chi connectivity index (χ0v) is 11.2. The third-order valence-electron chi connectivity index (χ3n) is 2.83. The van der Waals surface area contributed by atoms with Gasteiger partial charge < -0.3 is 15.2 Å². The van der Waals surface area contributed by atoms with Gasteiger partial charge in [-0.3, -0.25) is 0 Å². The number of methoxy groups -OCH3 is 1. The van der Waals surface area contributed by atoms with Gasteiger partial charge in [0.2, 0.25) is 0 Å². The third kappa shape index (κ3) is 3.47. The predicted octanol–water partition coefficient (Wildman–Crippen LogP) is 2.91. The topological polar surface area (TPSA) is 61.5 Å². The van der Waals surface area contributed by atoms with Crippen LogP contribution in [0.4, 0.5) is 14.5 Å². The fourth-order valence-corrected chi connectivity index (χ4v) is 1.69. The quantitative estimate of drug-likeness (QED) is 0.695. The summed E-state index contributed by atoms with van der Waals surface area (Å²) in [5.41, 5.74) is 5.50. The number of nitrogens with two attached hydrogens (primary N) is 1. The maximum Gasteiger partial charge on any atom is 0.341 e. The standard InChI is InChI=1S/C15H13F2NO3/c1-20-11-4-2-9(13(16)7-11)8-21-15(19)12-5-3-10(18)6-14(12)17/h2-7H,8,18H2,1H3. The lowest BCUT2D eigenvalue weighted by Gasteiger charge is -2.08. The van der Waals surface area contributed by atoms with Gasteiger partial charge in [-0.25, -0.2) is 13.6 Å². The molecule has 0 aliphatic rings. The smallest absolute Gasteiger partial charge is 0.341 e. The monoisotopic (exact) mass is 293 g/mol. The molecular weight excluding hydrogens is 280 g/mol. The Bertz CT molecular complexity index is 674. The van der Waals surface area contributed by atoms with Crippen LogP contribution in [-0.2, 0) is 11.3 Å². The van der Waals surface area contributed by atoms with Gasteiger partial charge in [0, 0.05) is 17.3 Å². The molecule has 2 rings (SSSR count). The Kier molecular flexibility index (Phi) is 4.37. The third-order valence-corrected chi connectivity index (χ3v) is 2.83. The second kappa shape index (κ2) is 6.21. The van der Waals surface area contributed by atoms with Crippen molar-refractivity contribution in [2.75, 3.05) is 12.8 Å². The number of benzene rings is 2. The molecule has 110 valence electrons. The van der Waals surface area contributed by atoms with Gasteiger partial charge in [-0.2, -0.15) is 0 Å². The van der Waals surface area contributed by atoms with Gasteiger partial charge in [0.15, 0.2) is 0 Å². The number of esters is 1. The molecule has 0 bridgehead atoms. The summed E-state index contributed by atoms with van der Waals surface area (Å²) < 4.78 is 36.9. The highest BCUT2D eigenvalue weighted by Gasteiger charge is 2.14. The van der Waals surface area contributed by atoms with E-state index in [0.717, 1.165) is 6.07 Å². The van der Waals surface area contributed by atoms with E-state index in [2.05, 4.69) is 0 Å². The van der Waals surface area contributed by atoms with Crippen LogP contribution in [-0.4, -0.2) is 13.1 Å². The molecular formula is C15H13F2NO3. The van der Waals surface area contributed by atoms with Crippen molar-refractivity contribution in [3.8, 4) is 5.75 Å². The Labute approximate surface area is 120 Å². The minimum Gasteiger partial charge on any atom is -0.497 e. The van der Waals surface area contributed by atoms with Gasteiger partial charge >= 0.3 is 5.97 Å². The normalized spacial score (nSPS) is 10.2. The Morgan fingerprint density at radius 1 is 1.14 bits per heavy atom. The number of halogens is 2. The summed E-state index contributed by atoms with van der Waals surface area (Å²) in [7, 11) is 1.42. The van der Waals surface area contributed by atoms with E-state index < -0.39 is 17.6 Å². The molecule has 0 amide bonds. The van der Waals surface area contributed by atoms with Gasteiger partial charge in [0.05, 0.1) is 12.7 Å². The first-order chi connectivity index (χ1) is 10.0. The molecule has 2 N–H and O–H groups in total. The van der Waals surface area contributed by atoms with Crippen molar-refractivity contribution < 1.29 is 23.0 Å². The van der Waals surface area contributed by atoms with E-state index in [9.17, 15) is 13.6 Å². The second-order valence-corrected chi connectivity index (χ2v) is 4.27. The Hall–Kier alpha value is -2.63. The number of hydrogen-bond donors (Lipinski definition) is 1. The highest BCUT2D eigenvalue weighted by Crippen LogP contribution is 2.18. The molecule has 0 aliphatic carbocycles. The highest BCUT2D eigenvalue weighted by atomic mass is 19.1. The zero-order chi connectivity index (χ0) is 15.4. The van der Waals surface area contributed by atoms with E-state index in [4.69, 9.17) is 15.2 Å². The molecule has 21 heavy (non-hydrogen) atoms. The summed E-state index contributed by atoms with van der Waals surface area (Å²) in [6.45, 7) is -0.307. The van der Waals surface area contributed by atoms with Crippen LogP contribution in [0.2, 0.25) is 0 Å². The molecule has 0 spiro atoms. The first kappa shape index (κ1) is 14.8. The molecule has 0 saturated carbocycles. The van der Waals surface area contributed by atoms with E-state index in [1.807, 2.05) is 0 Å². The van der Waals surface area contributed by atoms with Crippen molar-refractivity contribution in [1.29, 1.82) is 0 Å². The van der Waals surface area contributed by atoms with Crippen LogP contribution in [0.15, 0.2) is 36.4 Å². The minimum absolute atomic E-state index is 0.167. The van der Waals surface area contributed by atoms with Crippen LogP contribution in [0.5, 0.6) is 5.75 Å². The van der Waals surface area contributed by atoms with E-state index >= 15 is 0 Å². The van der Waals surface area contributed by atoms with Crippen molar-refractivity contribution in [1.82, 2.24) is 0 Å². The first-order valence-corrected chi connectivity index (χ1v) is 6.06. The molecule has 0 heterocycles. The molecule has 6 heteroatoms. The fourth-order valence-electron chi connectivity index (χ4n) is 1.69. The SMILES string of the molecule is COc1ccc(COC(=O)c2ccc(N)cc2F)c(F)c1. The lowest BCUT2D eigenvalue weighted by Crippen LogP contribution is -2.08. The van der Waals surface area contributed by atoms with Gasteiger partial charge in [-0.1, -0.05) is 0 Å². The van der Waals surface area contributed by atoms with Crippen LogP contribution in [0, 0.1) is 11.6 Å². The Balaban J connectivity index is 2.07. The number of ether oxygens (including phenoxy) is 2. The molecule has 0 unspecified atom stereocenters. The number of carbonyl (C=O) groups excluding carboxylic acids is 1. The molecule has 0 radical (unpaired) electrons. The van der Waals surface area contributed by atoms with Crippen molar-refractivity contribution in [3.05, 3.63) is 59.2 Å². The summed E-state index contributed by atoms with van der Waals surface area (Å²) in [6.07, 6.45) is 0. The van der Waals surface area contributed by atoms with E-state index in [-0.39, 0.29) is 23.4 Å². The molecule has 0 atom stereocenters. The van der Waals surface area contributed by atoms with Crippen molar-refractivity contribution in [3.63, 3.8) is 0 Å². The van der Waals surface area contributed by atoms with E-state index in [1.54, 1.807) is 0 Å². The Morgan fingerprint density at radius 2 is 1.90 bits per heavy atom. The molecule has 4 nitrogen and oxygen atoms in total.